The molecule has 7 nitrogen and oxygen atoms in total. The minimum atomic E-state index is -2.50. The Labute approximate surface area is 156 Å². The summed E-state index contributed by atoms with van der Waals surface area (Å²) in [6.07, 6.45) is 0. The Morgan fingerprint density at radius 1 is 0.846 bits per heavy atom. The van der Waals surface area contributed by atoms with Gasteiger partial charge in [-0.1, -0.05) is 32.9 Å². The highest BCUT2D eigenvalue weighted by molar-refractivity contribution is 6.64. The second kappa shape index (κ2) is 11.1. The zero-order valence-corrected chi connectivity index (χ0v) is 17.4. The molecular formula is C18H30O7Si. The normalized spacial score (nSPS) is 11.5. The summed E-state index contributed by atoms with van der Waals surface area (Å²) in [6.45, 7) is 14.2. The van der Waals surface area contributed by atoms with Gasteiger partial charge in [-0.3, -0.25) is 0 Å². The van der Waals surface area contributed by atoms with Gasteiger partial charge >= 0.3 is 20.7 Å². The molecule has 0 aliphatic carbocycles. The summed E-state index contributed by atoms with van der Waals surface area (Å²) >= 11 is 0. The summed E-state index contributed by atoms with van der Waals surface area (Å²) in [7, 11) is -2.50. The van der Waals surface area contributed by atoms with Crippen LogP contribution in [0.5, 0.6) is 0 Å². The monoisotopic (exact) mass is 386 g/mol. The van der Waals surface area contributed by atoms with E-state index in [4.69, 9.17) is 23.5 Å². The summed E-state index contributed by atoms with van der Waals surface area (Å²) in [5, 5.41) is 17.0. The van der Waals surface area contributed by atoms with E-state index in [0.717, 1.165) is 0 Å². The van der Waals surface area contributed by atoms with Crippen molar-refractivity contribution in [2.24, 2.45) is 0 Å². The quantitative estimate of drug-likeness (QED) is 0.653. The van der Waals surface area contributed by atoms with Gasteiger partial charge in [-0.05, 0) is 32.9 Å². The molecular weight excluding hydrogens is 356 g/mol. The molecule has 0 spiro atoms. The van der Waals surface area contributed by atoms with Crippen LogP contribution in [0.25, 0.3) is 0 Å². The molecule has 0 amide bonds. The standard InChI is InChI=1S/C10H24O3Si.C8H6O4/c1-7-11-14(12-8-2,13-9-3)10(4,5)6;9-7(10)5-3-1-2-4-6(5)8(11)12/h7-9H2,1-6H3;1-4H,(H,9,10)(H,11,12). The number of carboxylic acid groups (broad SMARTS) is 2. The molecule has 0 radical (unpaired) electrons. The molecule has 1 aromatic carbocycles. The molecule has 148 valence electrons. The lowest BCUT2D eigenvalue weighted by atomic mass is 10.1. The largest absolute Gasteiger partial charge is 0.506 e. The van der Waals surface area contributed by atoms with Crippen LogP contribution in [0.4, 0.5) is 0 Å². The zero-order chi connectivity index (χ0) is 20.4. The minimum absolute atomic E-state index is 0.0605. The third kappa shape index (κ3) is 6.87. The first kappa shape index (κ1) is 24.3. The second-order valence-electron chi connectivity index (χ2n) is 6.26. The van der Waals surface area contributed by atoms with Gasteiger partial charge in [-0.15, -0.1) is 0 Å². The summed E-state index contributed by atoms with van der Waals surface area (Å²) < 4.78 is 17.3. The van der Waals surface area contributed by atoms with Gasteiger partial charge in [-0.25, -0.2) is 9.59 Å². The lowest BCUT2D eigenvalue weighted by molar-refractivity contribution is 0.0508. The number of rotatable bonds is 8. The minimum Gasteiger partial charge on any atom is -0.478 e. The summed E-state index contributed by atoms with van der Waals surface area (Å²) in [5.74, 6) is -2.46. The van der Waals surface area contributed by atoms with E-state index in [1.54, 1.807) is 0 Å². The van der Waals surface area contributed by atoms with Crippen molar-refractivity contribution in [1.29, 1.82) is 0 Å². The van der Waals surface area contributed by atoms with Crippen molar-refractivity contribution in [2.75, 3.05) is 19.8 Å². The average Bonchev–Trinajstić information content (AvgIpc) is 2.55. The number of carbonyl (C=O) groups is 2. The molecule has 0 bridgehead atoms. The Bertz CT molecular complexity index is 531. The molecule has 0 unspecified atom stereocenters. The van der Waals surface area contributed by atoms with E-state index in [1.807, 2.05) is 20.8 Å². The molecule has 0 aliphatic heterocycles. The SMILES string of the molecule is CCO[Si](OCC)(OCC)C(C)(C)C.O=C(O)c1ccccc1C(=O)O. The highest BCUT2D eigenvalue weighted by Gasteiger charge is 2.52. The molecule has 1 aromatic rings. The third-order valence-electron chi connectivity index (χ3n) is 3.31. The molecule has 0 aliphatic rings. The highest BCUT2D eigenvalue weighted by atomic mass is 28.4. The highest BCUT2D eigenvalue weighted by Crippen LogP contribution is 2.38. The van der Waals surface area contributed by atoms with Gasteiger partial charge in [0.05, 0.1) is 11.1 Å². The maximum atomic E-state index is 10.5. The van der Waals surface area contributed by atoms with Crippen LogP contribution in [0.1, 0.15) is 62.3 Å². The van der Waals surface area contributed by atoms with Crippen LogP contribution in [0, 0.1) is 0 Å². The zero-order valence-electron chi connectivity index (χ0n) is 16.4. The molecule has 0 heterocycles. The molecule has 26 heavy (non-hydrogen) atoms. The van der Waals surface area contributed by atoms with E-state index in [2.05, 4.69) is 20.8 Å². The van der Waals surface area contributed by atoms with Crippen molar-refractivity contribution in [3.8, 4) is 0 Å². The first-order chi connectivity index (χ1) is 12.1. The molecule has 0 atom stereocenters. The fourth-order valence-electron chi connectivity index (χ4n) is 2.20. The van der Waals surface area contributed by atoms with Crippen LogP contribution in [-0.2, 0) is 13.3 Å². The van der Waals surface area contributed by atoms with Crippen LogP contribution in [-0.4, -0.2) is 50.8 Å². The van der Waals surface area contributed by atoms with Gasteiger partial charge < -0.3 is 23.5 Å². The van der Waals surface area contributed by atoms with Crippen LogP contribution in [0.2, 0.25) is 5.04 Å². The van der Waals surface area contributed by atoms with E-state index >= 15 is 0 Å². The average molecular weight is 387 g/mol. The van der Waals surface area contributed by atoms with Crippen LogP contribution in [0.15, 0.2) is 24.3 Å². The Morgan fingerprint density at radius 3 is 1.35 bits per heavy atom. The van der Waals surface area contributed by atoms with Crippen molar-refractivity contribution >= 4 is 20.7 Å². The Morgan fingerprint density at radius 2 is 1.15 bits per heavy atom. The van der Waals surface area contributed by atoms with E-state index < -0.39 is 20.7 Å². The van der Waals surface area contributed by atoms with Crippen molar-refractivity contribution in [3.63, 3.8) is 0 Å². The van der Waals surface area contributed by atoms with Crippen molar-refractivity contribution < 1.29 is 33.1 Å². The smallest absolute Gasteiger partial charge is 0.478 e. The maximum Gasteiger partial charge on any atom is 0.506 e. The van der Waals surface area contributed by atoms with Gasteiger partial charge in [0.2, 0.25) is 0 Å². The fourth-order valence-corrected chi connectivity index (χ4v) is 4.89. The van der Waals surface area contributed by atoms with Crippen LogP contribution in [0.3, 0.4) is 0 Å². The molecule has 2 N–H and O–H groups in total. The van der Waals surface area contributed by atoms with Crippen LogP contribution >= 0.6 is 0 Å². The topological polar surface area (TPSA) is 102 Å². The van der Waals surface area contributed by atoms with Gasteiger partial charge in [0.1, 0.15) is 0 Å². The first-order valence-electron chi connectivity index (χ1n) is 8.53. The lowest BCUT2D eigenvalue weighted by Gasteiger charge is -2.38. The maximum absolute atomic E-state index is 10.5. The Balaban J connectivity index is 0.000000485. The van der Waals surface area contributed by atoms with Gasteiger partial charge in [-0.2, -0.15) is 0 Å². The van der Waals surface area contributed by atoms with Gasteiger partial charge in [0, 0.05) is 24.9 Å². The summed E-state index contributed by atoms with van der Waals surface area (Å²) in [4.78, 5) is 20.9. The lowest BCUT2D eigenvalue weighted by Crippen LogP contribution is -2.53. The van der Waals surface area contributed by atoms with Crippen molar-refractivity contribution in [3.05, 3.63) is 35.4 Å². The number of hydrogen-bond donors (Lipinski definition) is 2. The molecule has 1 rings (SSSR count). The fraction of sp³-hybridized carbons (Fsp3) is 0.556. The Kier molecular flexibility index (Phi) is 10.3. The van der Waals surface area contributed by atoms with Gasteiger partial charge in [0.15, 0.2) is 0 Å². The van der Waals surface area contributed by atoms with E-state index in [-0.39, 0.29) is 16.2 Å². The molecule has 8 heteroatoms. The molecule has 0 fully saturated rings. The van der Waals surface area contributed by atoms with Gasteiger partial charge in [0.25, 0.3) is 0 Å². The van der Waals surface area contributed by atoms with E-state index in [0.29, 0.717) is 19.8 Å². The molecule has 0 saturated heterocycles. The second-order valence-corrected chi connectivity index (χ2v) is 9.74. The van der Waals surface area contributed by atoms with E-state index in [1.165, 1.54) is 24.3 Å². The predicted octanol–water partition coefficient (Wildman–Crippen LogP) is 3.92. The molecule has 0 saturated carbocycles. The summed E-state index contributed by atoms with van der Waals surface area (Å²) in [6, 6.07) is 5.48. The van der Waals surface area contributed by atoms with Crippen molar-refractivity contribution in [2.45, 2.75) is 46.6 Å². The number of carboxylic acids is 2. The van der Waals surface area contributed by atoms with Crippen LogP contribution < -0.4 is 0 Å². The molecule has 0 aromatic heterocycles. The number of hydrogen-bond acceptors (Lipinski definition) is 5. The number of benzene rings is 1. The van der Waals surface area contributed by atoms with E-state index in [9.17, 15) is 9.59 Å². The third-order valence-corrected chi connectivity index (χ3v) is 7.15. The number of aromatic carboxylic acids is 2. The Hall–Kier alpha value is -1.74. The predicted molar refractivity (Wildman–Crippen MR) is 101 cm³/mol. The van der Waals surface area contributed by atoms with Crippen molar-refractivity contribution in [1.82, 2.24) is 0 Å². The summed E-state index contributed by atoms with van der Waals surface area (Å²) in [5.41, 5.74) is -0.380. The first-order valence-corrected chi connectivity index (χ1v) is 10.3.